The van der Waals surface area contributed by atoms with Crippen LogP contribution in [0.15, 0.2) is 105 Å². The molecule has 0 bridgehead atoms. The highest BCUT2D eigenvalue weighted by Crippen LogP contribution is 2.37. The van der Waals surface area contributed by atoms with E-state index < -0.39 is 39.0 Å². The summed E-state index contributed by atoms with van der Waals surface area (Å²) in [4.78, 5) is 22.2. The molecule has 3 heterocycles. The van der Waals surface area contributed by atoms with E-state index in [-0.39, 0.29) is 69.2 Å². The lowest BCUT2D eigenvalue weighted by atomic mass is 9.99. The third-order valence-corrected chi connectivity index (χ3v) is 9.03. The number of rotatable bonds is 7. The standard InChI is InChI=1S/C31H24F3N5O3.C7H8O3S.CH4/c1-15(2)41-22-11-10-18(13-21(22)34)27-26-30(35)36-14-37-31(26)39(38-27)16(3)29-24(17-6-4-7-19(32)12-17)28(40)25-20(33)8-5-9-23(25)42-29;1-6-2-4-7(5-3-6)11(8,9)10;/h4-16H,1-3H3,(H2,35,36,37);2-5H,1H3,(H,8,9,10);1H4. The molecule has 15 heteroatoms. The van der Waals surface area contributed by atoms with Crippen LogP contribution in [-0.2, 0) is 10.1 Å². The molecule has 0 aliphatic heterocycles. The summed E-state index contributed by atoms with van der Waals surface area (Å²) in [5, 5.41) is 4.81. The maximum atomic E-state index is 15.0. The Labute approximate surface area is 308 Å². The van der Waals surface area contributed by atoms with Gasteiger partial charge in [-0.15, -0.1) is 0 Å². The molecule has 280 valence electrons. The van der Waals surface area contributed by atoms with Crippen molar-refractivity contribution in [3.8, 4) is 28.1 Å². The predicted octanol–water partition coefficient (Wildman–Crippen LogP) is 8.54. The predicted molar refractivity (Wildman–Crippen MR) is 200 cm³/mol. The number of aromatic nitrogens is 4. The van der Waals surface area contributed by atoms with Crippen molar-refractivity contribution >= 4 is 37.9 Å². The summed E-state index contributed by atoms with van der Waals surface area (Å²) in [5.74, 6) is -1.67. The van der Waals surface area contributed by atoms with Crippen molar-refractivity contribution in [3.63, 3.8) is 0 Å². The number of fused-ring (bicyclic) bond motifs is 2. The van der Waals surface area contributed by atoms with Gasteiger partial charge in [-0.05, 0) is 87.9 Å². The van der Waals surface area contributed by atoms with Crippen molar-refractivity contribution in [2.75, 3.05) is 5.73 Å². The normalized spacial score (nSPS) is 11.9. The van der Waals surface area contributed by atoms with Crippen molar-refractivity contribution in [3.05, 3.63) is 130 Å². The van der Waals surface area contributed by atoms with Crippen LogP contribution in [0.1, 0.15) is 45.6 Å². The molecule has 0 spiro atoms. The molecular formula is C39H36F3N5O6S. The average molecular weight is 760 g/mol. The minimum Gasteiger partial charge on any atom is -0.488 e. The maximum Gasteiger partial charge on any atom is 0.294 e. The van der Waals surface area contributed by atoms with E-state index in [0.29, 0.717) is 10.9 Å². The van der Waals surface area contributed by atoms with Gasteiger partial charge in [0.15, 0.2) is 17.2 Å². The number of ether oxygens (including phenoxy) is 1. The van der Waals surface area contributed by atoms with Gasteiger partial charge in [-0.3, -0.25) is 9.35 Å². The lowest BCUT2D eigenvalue weighted by molar-refractivity contribution is 0.231. The molecule has 54 heavy (non-hydrogen) atoms. The Morgan fingerprint density at radius 3 is 2.22 bits per heavy atom. The number of benzene rings is 4. The highest BCUT2D eigenvalue weighted by molar-refractivity contribution is 7.85. The van der Waals surface area contributed by atoms with Crippen LogP contribution in [0, 0.1) is 24.4 Å². The van der Waals surface area contributed by atoms with Crippen molar-refractivity contribution in [1.82, 2.24) is 19.7 Å². The van der Waals surface area contributed by atoms with Crippen molar-refractivity contribution in [2.24, 2.45) is 0 Å². The van der Waals surface area contributed by atoms with E-state index in [0.717, 1.165) is 11.6 Å². The molecule has 0 aliphatic rings. The molecule has 7 aromatic rings. The Morgan fingerprint density at radius 1 is 0.870 bits per heavy atom. The van der Waals surface area contributed by atoms with Gasteiger partial charge < -0.3 is 14.9 Å². The molecule has 0 saturated heterocycles. The van der Waals surface area contributed by atoms with Gasteiger partial charge in [0.2, 0.25) is 5.43 Å². The molecule has 0 fully saturated rings. The van der Waals surface area contributed by atoms with Gasteiger partial charge in [0.1, 0.15) is 52.2 Å². The Morgan fingerprint density at radius 2 is 1.57 bits per heavy atom. The molecular weight excluding hydrogens is 724 g/mol. The van der Waals surface area contributed by atoms with Gasteiger partial charge in [-0.25, -0.2) is 27.8 Å². The molecule has 0 saturated carbocycles. The molecule has 3 N–H and O–H groups in total. The lowest BCUT2D eigenvalue weighted by Crippen LogP contribution is -2.17. The minimum absolute atomic E-state index is 0. The highest BCUT2D eigenvalue weighted by atomic mass is 32.2. The van der Waals surface area contributed by atoms with Gasteiger partial charge in [0.05, 0.1) is 21.9 Å². The number of hydrogen-bond donors (Lipinski definition) is 2. The summed E-state index contributed by atoms with van der Waals surface area (Å²) < 4.78 is 86.8. The Kier molecular flexibility index (Phi) is 11.2. The molecule has 1 atom stereocenters. The Balaban J connectivity index is 0.000000403. The number of hydrogen-bond acceptors (Lipinski definition) is 9. The molecule has 0 amide bonds. The van der Waals surface area contributed by atoms with Crippen molar-refractivity contribution in [1.29, 1.82) is 0 Å². The van der Waals surface area contributed by atoms with Gasteiger partial charge in [0.25, 0.3) is 10.1 Å². The smallest absolute Gasteiger partial charge is 0.294 e. The number of aryl methyl sites for hydroxylation is 1. The van der Waals surface area contributed by atoms with Gasteiger partial charge in [0, 0.05) is 5.56 Å². The maximum absolute atomic E-state index is 15.0. The first kappa shape index (κ1) is 39.2. The highest BCUT2D eigenvalue weighted by Gasteiger charge is 2.28. The molecule has 4 aromatic carbocycles. The van der Waals surface area contributed by atoms with E-state index >= 15 is 0 Å². The van der Waals surface area contributed by atoms with Crippen molar-refractivity contribution < 1.29 is 35.3 Å². The summed E-state index contributed by atoms with van der Waals surface area (Å²) in [7, 11) is -4.02. The quantitative estimate of drug-likeness (QED) is 0.151. The van der Waals surface area contributed by atoms with Crippen LogP contribution in [0.25, 0.3) is 44.4 Å². The molecule has 11 nitrogen and oxygen atoms in total. The monoisotopic (exact) mass is 759 g/mol. The first-order valence-electron chi connectivity index (χ1n) is 16.1. The Bertz CT molecular complexity index is 2660. The second-order valence-electron chi connectivity index (χ2n) is 12.3. The SMILES string of the molecule is C.CC(C)Oc1ccc(-c2nn(C(C)c3oc4cccc(F)c4c(=O)c3-c3cccc(F)c3)c3ncnc(N)c23)cc1F.Cc1ccc(S(=O)(=O)O)cc1. The number of anilines is 1. The van der Waals surface area contributed by atoms with E-state index in [1.807, 2.05) is 6.92 Å². The zero-order chi connectivity index (χ0) is 38.2. The fourth-order valence-electron chi connectivity index (χ4n) is 5.71. The zero-order valence-electron chi connectivity index (χ0n) is 28.7. The van der Waals surface area contributed by atoms with Crippen LogP contribution >= 0.6 is 0 Å². The van der Waals surface area contributed by atoms with E-state index in [9.17, 15) is 26.4 Å². The summed E-state index contributed by atoms with van der Waals surface area (Å²) in [6.07, 6.45) is 1.03. The van der Waals surface area contributed by atoms with E-state index in [1.54, 1.807) is 39.0 Å². The van der Waals surface area contributed by atoms with E-state index in [4.69, 9.17) is 24.5 Å². The van der Waals surface area contributed by atoms with Crippen LogP contribution in [0.4, 0.5) is 19.0 Å². The molecule has 0 radical (unpaired) electrons. The summed E-state index contributed by atoms with van der Waals surface area (Å²) in [6.45, 7) is 7.12. The summed E-state index contributed by atoms with van der Waals surface area (Å²) in [6, 6.07) is 19.0. The van der Waals surface area contributed by atoms with E-state index in [1.165, 1.54) is 71.7 Å². The number of nitrogens with zero attached hydrogens (tertiary/aromatic N) is 4. The third-order valence-electron chi connectivity index (χ3n) is 8.16. The molecule has 7 rings (SSSR count). The van der Waals surface area contributed by atoms with Crippen molar-refractivity contribution in [2.45, 2.75) is 52.2 Å². The average Bonchev–Trinajstić information content (AvgIpc) is 3.49. The third kappa shape index (κ3) is 7.82. The number of nitrogens with two attached hydrogens (primary N) is 1. The van der Waals surface area contributed by atoms with Gasteiger partial charge in [-0.2, -0.15) is 13.5 Å². The first-order valence-corrected chi connectivity index (χ1v) is 17.6. The van der Waals surface area contributed by atoms with Crippen LogP contribution in [0.2, 0.25) is 0 Å². The van der Waals surface area contributed by atoms with Crippen LogP contribution in [-0.4, -0.2) is 38.8 Å². The molecule has 0 aliphatic carbocycles. The van der Waals surface area contributed by atoms with Gasteiger partial charge in [-0.1, -0.05) is 43.3 Å². The minimum atomic E-state index is -4.02. The summed E-state index contributed by atoms with van der Waals surface area (Å²) in [5.41, 5.74) is 7.66. The second-order valence-corrected chi connectivity index (χ2v) is 13.7. The Hall–Kier alpha value is -6.06. The lowest BCUT2D eigenvalue weighted by Gasteiger charge is -2.17. The van der Waals surface area contributed by atoms with E-state index in [2.05, 4.69) is 9.97 Å². The summed E-state index contributed by atoms with van der Waals surface area (Å²) >= 11 is 0. The zero-order valence-corrected chi connectivity index (χ0v) is 29.5. The topological polar surface area (TPSA) is 163 Å². The largest absolute Gasteiger partial charge is 0.488 e. The van der Waals surface area contributed by atoms with Crippen LogP contribution in [0.3, 0.4) is 0 Å². The molecule has 3 aromatic heterocycles. The van der Waals surface area contributed by atoms with Crippen LogP contribution < -0.4 is 15.9 Å². The first-order chi connectivity index (χ1) is 25.1. The number of halogens is 3. The second kappa shape index (κ2) is 15.5. The van der Waals surface area contributed by atoms with Crippen LogP contribution in [0.5, 0.6) is 5.75 Å². The van der Waals surface area contributed by atoms with Gasteiger partial charge >= 0.3 is 0 Å². The molecule has 1 unspecified atom stereocenters. The number of nitrogen functional groups attached to an aromatic ring is 1. The fraction of sp³-hybridized carbons (Fsp3) is 0.179. The fourth-order valence-corrected chi connectivity index (χ4v) is 6.19.